The van der Waals surface area contributed by atoms with E-state index in [9.17, 15) is 14.9 Å². The van der Waals surface area contributed by atoms with E-state index in [1.807, 2.05) is 26.0 Å². The molecule has 2 heterocycles. The second kappa shape index (κ2) is 8.12. The molecule has 0 fully saturated rings. The predicted octanol–water partition coefficient (Wildman–Crippen LogP) is 3.24. The van der Waals surface area contributed by atoms with Crippen molar-refractivity contribution < 1.29 is 9.72 Å². The van der Waals surface area contributed by atoms with Crippen LogP contribution in [0.25, 0.3) is 0 Å². The van der Waals surface area contributed by atoms with Crippen molar-refractivity contribution in [2.24, 2.45) is 5.10 Å². The first-order valence-corrected chi connectivity index (χ1v) is 8.41. The maximum absolute atomic E-state index is 12.4. The van der Waals surface area contributed by atoms with E-state index in [-0.39, 0.29) is 17.4 Å². The molecule has 0 atom stereocenters. The van der Waals surface area contributed by atoms with Gasteiger partial charge in [0.2, 0.25) is 5.82 Å². The van der Waals surface area contributed by atoms with Crippen molar-refractivity contribution in [1.29, 1.82) is 0 Å². The summed E-state index contributed by atoms with van der Waals surface area (Å²) in [7, 11) is 0. The van der Waals surface area contributed by atoms with E-state index in [1.165, 1.54) is 24.5 Å². The lowest BCUT2D eigenvalue weighted by Gasteiger charge is -2.11. The lowest BCUT2D eigenvalue weighted by molar-refractivity contribution is -0.384. The topological polar surface area (TPSA) is 114 Å². The van der Waals surface area contributed by atoms with Crippen LogP contribution in [0.15, 0.2) is 59.8 Å². The van der Waals surface area contributed by atoms with Gasteiger partial charge in [-0.15, -0.1) is 0 Å². The Bertz CT molecular complexity index is 1040. The summed E-state index contributed by atoms with van der Waals surface area (Å²) in [4.78, 5) is 26.8. The molecule has 3 rings (SSSR count). The van der Waals surface area contributed by atoms with Crippen LogP contribution in [0.1, 0.15) is 27.3 Å². The van der Waals surface area contributed by atoms with Gasteiger partial charge in [0.05, 0.1) is 11.1 Å². The number of carbonyl (C=O) groups excluding carboxylic acids is 1. The van der Waals surface area contributed by atoms with E-state index in [4.69, 9.17) is 0 Å². The van der Waals surface area contributed by atoms with E-state index >= 15 is 0 Å². The van der Waals surface area contributed by atoms with Gasteiger partial charge in [-0.3, -0.25) is 30.4 Å². The maximum atomic E-state index is 12.4. The standard InChI is InChI=1S/C19H18N6O3/c1-13-11-16(12-21-22-18-17(25(27)28)9-6-10-20-18)14(2)24(13)23-19(26)15-7-4-3-5-8-15/h3-12H,1-2H3,(H,20,22)(H,23,26)/b21-12-. The molecule has 3 aromatic rings. The van der Waals surface area contributed by atoms with Crippen LogP contribution in [0, 0.1) is 24.0 Å². The number of rotatable bonds is 6. The maximum Gasteiger partial charge on any atom is 0.313 e. The van der Waals surface area contributed by atoms with E-state index < -0.39 is 4.92 Å². The van der Waals surface area contributed by atoms with Crippen LogP contribution < -0.4 is 10.9 Å². The molecule has 1 amide bonds. The lowest BCUT2D eigenvalue weighted by atomic mass is 10.2. The quantitative estimate of drug-likeness (QED) is 0.388. The molecular formula is C19H18N6O3. The fraction of sp³-hybridized carbons (Fsp3) is 0.105. The van der Waals surface area contributed by atoms with Crippen molar-refractivity contribution in [2.75, 3.05) is 10.9 Å². The van der Waals surface area contributed by atoms with Crippen LogP contribution in [0.3, 0.4) is 0 Å². The average Bonchev–Trinajstić information content (AvgIpc) is 2.96. The number of hydrazone groups is 1. The third kappa shape index (κ3) is 4.04. The molecule has 0 aliphatic heterocycles. The van der Waals surface area contributed by atoms with Crippen molar-refractivity contribution in [2.45, 2.75) is 13.8 Å². The molecule has 9 heteroatoms. The number of aromatic nitrogens is 2. The van der Waals surface area contributed by atoms with E-state index in [2.05, 4.69) is 20.9 Å². The minimum atomic E-state index is -0.532. The Labute approximate surface area is 160 Å². The molecule has 0 aliphatic rings. The van der Waals surface area contributed by atoms with Crippen LogP contribution in [-0.4, -0.2) is 26.7 Å². The first-order valence-electron chi connectivity index (χ1n) is 8.41. The van der Waals surface area contributed by atoms with Gasteiger partial charge in [-0.25, -0.2) is 4.98 Å². The van der Waals surface area contributed by atoms with Gasteiger partial charge >= 0.3 is 5.69 Å². The highest BCUT2D eigenvalue weighted by Crippen LogP contribution is 2.20. The Morgan fingerprint density at radius 1 is 1.21 bits per heavy atom. The van der Waals surface area contributed by atoms with Crippen molar-refractivity contribution in [3.63, 3.8) is 0 Å². The number of anilines is 1. The molecule has 0 saturated heterocycles. The minimum absolute atomic E-state index is 0.0509. The molecule has 0 bridgehead atoms. The number of carbonyl (C=O) groups is 1. The molecular weight excluding hydrogens is 360 g/mol. The van der Waals surface area contributed by atoms with Crippen LogP contribution in [0.2, 0.25) is 0 Å². The number of hydrogen-bond donors (Lipinski definition) is 2. The van der Waals surface area contributed by atoms with Crippen molar-refractivity contribution in [1.82, 2.24) is 9.66 Å². The molecule has 0 spiro atoms. The van der Waals surface area contributed by atoms with Gasteiger partial charge in [0.1, 0.15) is 0 Å². The summed E-state index contributed by atoms with van der Waals surface area (Å²) in [6, 6.07) is 13.6. The molecule has 0 unspecified atom stereocenters. The highest BCUT2D eigenvalue weighted by atomic mass is 16.6. The molecule has 2 aromatic heterocycles. The molecule has 142 valence electrons. The first kappa shape index (κ1) is 18.8. The van der Waals surface area contributed by atoms with Gasteiger partial charge in [0.15, 0.2) is 0 Å². The molecule has 0 aliphatic carbocycles. The SMILES string of the molecule is Cc1cc(/C=N\Nc2ncccc2[N+](=O)[O-])c(C)n1NC(=O)c1ccccc1. The Morgan fingerprint density at radius 3 is 2.68 bits per heavy atom. The van der Waals surface area contributed by atoms with Gasteiger partial charge < -0.3 is 0 Å². The summed E-state index contributed by atoms with van der Waals surface area (Å²) in [5, 5.41) is 15.0. The average molecular weight is 378 g/mol. The van der Waals surface area contributed by atoms with Gasteiger partial charge in [0.25, 0.3) is 5.91 Å². The van der Waals surface area contributed by atoms with Crippen molar-refractivity contribution >= 4 is 23.6 Å². The summed E-state index contributed by atoms with van der Waals surface area (Å²) >= 11 is 0. The van der Waals surface area contributed by atoms with E-state index in [0.717, 1.165) is 17.0 Å². The molecule has 2 N–H and O–H groups in total. The summed E-state index contributed by atoms with van der Waals surface area (Å²) in [6.45, 7) is 3.69. The Balaban J connectivity index is 1.76. The smallest absolute Gasteiger partial charge is 0.267 e. The Kier molecular flexibility index (Phi) is 5.45. The second-order valence-corrected chi connectivity index (χ2v) is 5.97. The number of pyridine rings is 1. The number of nitrogens with zero attached hydrogens (tertiary/aromatic N) is 4. The number of hydrogen-bond acceptors (Lipinski definition) is 6. The number of benzene rings is 1. The molecule has 9 nitrogen and oxygen atoms in total. The Morgan fingerprint density at radius 2 is 1.96 bits per heavy atom. The largest absolute Gasteiger partial charge is 0.313 e. The molecule has 1 aromatic carbocycles. The lowest BCUT2D eigenvalue weighted by Crippen LogP contribution is -2.24. The van der Waals surface area contributed by atoms with E-state index in [1.54, 1.807) is 28.9 Å². The Hall–Kier alpha value is -4.01. The summed E-state index contributed by atoms with van der Waals surface area (Å²) in [5.41, 5.74) is 8.14. The van der Waals surface area contributed by atoms with Crippen molar-refractivity contribution in [3.8, 4) is 0 Å². The van der Waals surface area contributed by atoms with E-state index in [0.29, 0.717) is 5.56 Å². The highest BCUT2D eigenvalue weighted by molar-refractivity contribution is 6.00. The summed E-state index contributed by atoms with van der Waals surface area (Å²) < 4.78 is 1.67. The summed E-state index contributed by atoms with van der Waals surface area (Å²) in [6.07, 6.45) is 2.96. The van der Waals surface area contributed by atoms with Gasteiger partial charge in [-0.2, -0.15) is 5.10 Å². The fourth-order valence-corrected chi connectivity index (χ4v) is 2.64. The third-order valence-electron chi connectivity index (χ3n) is 4.08. The number of amides is 1. The molecule has 0 radical (unpaired) electrons. The summed E-state index contributed by atoms with van der Waals surface area (Å²) in [5.74, 6) is -0.178. The fourth-order valence-electron chi connectivity index (χ4n) is 2.64. The normalized spacial score (nSPS) is 10.8. The van der Waals surface area contributed by atoms with Crippen LogP contribution in [0.4, 0.5) is 11.5 Å². The zero-order valence-electron chi connectivity index (χ0n) is 15.3. The zero-order valence-corrected chi connectivity index (χ0v) is 15.3. The van der Waals surface area contributed by atoms with Gasteiger partial charge in [0, 0.05) is 34.8 Å². The molecule has 28 heavy (non-hydrogen) atoms. The second-order valence-electron chi connectivity index (χ2n) is 5.97. The van der Waals surface area contributed by atoms with Crippen LogP contribution in [0.5, 0.6) is 0 Å². The number of nitrogens with one attached hydrogen (secondary N) is 2. The predicted molar refractivity (Wildman–Crippen MR) is 106 cm³/mol. The third-order valence-corrected chi connectivity index (χ3v) is 4.08. The van der Waals surface area contributed by atoms with Crippen molar-refractivity contribution in [3.05, 3.63) is 87.4 Å². The first-order chi connectivity index (χ1) is 13.5. The highest BCUT2D eigenvalue weighted by Gasteiger charge is 2.14. The monoisotopic (exact) mass is 378 g/mol. The van der Waals surface area contributed by atoms with Gasteiger partial charge in [-0.05, 0) is 38.1 Å². The van der Waals surface area contributed by atoms with Gasteiger partial charge in [-0.1, -0.05) is 18.2 Å². The molecule has 0 saturated carbocycles. The number of aryl methyl sites for hydroxylation is 1. The number of nitro groups is 1. The minimum Gasteiger partial charge on any atom is -0.267 e. The zero-order chi connectivity index (χ0) is 20.1. The van der Waals surface area contributed by atoms with Crippen LogP contribution in [-0.2, 0) is 0 Å². The van der Waals surface area contributed by atoms with Crippen LogP contribution >= 0.6 is 0 Å².